The lowest BCUT2D eigenvalue weighted by Crippen LogP contribution is -2.68. The summed E-state index contributed by atoms with van der Waals surface area (Å²) in [6.07, 6.45) is -0.824. The lowest BCUT2D eigenvalue weighted by molar-refractivity contribution is -0.336. The molecule has 6 N–H and O–H groups in total. The number of ether oxygens (including phenoxy) is 2. The van der Waals surface area contributed by atoms with Crippen molar-refractivity contribution in [1.82, 2.24) is 0 Å². The summed E-state index contributed by atoms with van der Waals surface area (Å²) in [4.78, 5) is 24.7. The van der Waals surface area contributed by atoms with Gasteiger partial charge in [0, 0.05) is 0 Å². The maximum atomic E-state index is 12.9. The van der Waals surface area contributed by atoms with E-state index in [1.165, 1.54) is 5.57 Å². The fraction of sp³-hybridized carbons (Fsp3) is 0.889. The third kappa shape index (κ3) is 4.56. The van der Waals surface area contributed by atoms with Gasteiger partial charge < -0.3 is 40.1 Å². The molecule has 1 saturated heterocycles. The summed E-state index contributed by atoms with van der Waals surface area (Å²) in [7, 11) is 0. The van der Waals surface area contributed by atoms with E-state index in [4.69, 9.17) is 9.47 Å². The van der Waals surface area contributed by atoms with Crippen LogP contribution in [0, 0.1) is 50.2 Å². The summed E-state index contributed by atoms with van der Waals surface area (Å²) in [6, 6.07) is 0. The van der Waals surface area contributed by atoms with Crippen molar-refractivity contribution in [1.29, 1.82) is 0 Å². The van der Waals surface area contributed by atoms with Crippen molar-refractivity contribution in [2.75, 3.05) is 0 Å². The van der Waals surface area contributed by atoms with Gasteiger partial charge in [-0.2, -0.15) is 0 Å². The Hall–Kier alpha value is -1.56. The van der Waals surface area contributed by atoms with Crippen molar-refractivity contribution < 1.29 is 49.7 Å². The molecule has 0 aromatic rings. The van der Waals surface area contributed by atoms with Crippen molar-refractivity contribution in [3.05, 3.63) is 11.6 Å². The Balaban J connectivity index is 1.32. The molecule has 6 rings (SSSR count). The van der Waals surface area contributed by atoms with Crippen molar-refractivity contribution in [3.63, 3.8) is 0 Å². The van der Waals surface area contributed by atoms with E-state index in [-0.39, 0.29) is 39.4 Å². The summed E-state index contributed by atoms with van der Waals surface area (Å²) in [5.41, 5.74) is -0.413. The second-order valence-corrected chi connectivity index (χ2v) is 18.1. The highest BCUT2D eigenvalue weighted by molar-refractivity contribution is 5.76. The van der Waals surface area contributed by atoms with Gasteiger partial charge in [0.25, 0.3) is 0 Å². The highest BCUT2D eigenvalue weighted by Crippen LogP contribution is 2.76. The van der Waals surface area contributed by atoms with Gasteiger partial charge in [-0.3, -0.25) is 4.79 Å². The second-order valence-electron chi connectivity index (χ2n) is 18.1. The maximum absolute atomic E-state index is 12.9. The monoisotopic (exact) mass is 648 g/mol. The maximum Gasteiger partial charge on any atom is 0.335 e. The fourth-order valence-electron chi connectivity index (χ4n) is 12.3. The van der Waals surface area contributed by atoms with Crippen LogP contribution >= 0.6 is 0 Å². The van der Waals surface area contributed by atoms with Crippen molar-refractivity contribution in [2.45, 2.75) is 149 Å². The normalized spacial score (nSPS) is 52.6. The molecule has 10 heteroatoms. The molecule has 14 atom stereocenters. The van der Waals surface area contributed by atoms with E-state index in [2.05, 4.69) is 54.5 Å². The molecule has 0 spiro atoms. The number of carboxylic acids is 2. The minimum Gasteiger partial charge on any atom is -0.481 e. The van der Waals surface area contributed by atoms with E-state index in [1.807, 2.05) is 0 Å². The van der Waals surface area contributed by atoms with Crippen LogP contribution in [0.3, 0.4) is 0 Å². The summed E-state index contributed by atoms with van der Waals surface area (Å²) in [5.74, 6) is -1.75. The molecule has 0 amide bonds. The molecule has 46 heavy (non-hydrogen) atoms. The van der Waals surface area contributed by atoms with Gasteiger partial charge in [-0.15, -0.1) is 0 Å². The number of aliphatic carboxylic acids is 2. The fourth-order valence-corrected chi connectivity index (χ4v) is 12.3. The van der Waals surface area contributed by atoms with Gasteiger partial charge in [-0.25, -0.2) is 4.79 Å². The zero-order chi connectivity index (χ0) is 34.0. The van der Waals surface area contributed by atoms with Gasteiger partial charge in [0.2, 0.25) is 0 Å². The number of hydrogen-bond acceptors (Lipinski definition) is 8. The Labute approximate surface area is 272 Å². The van der Waals surface area contributed by atoms with Crippen LogP contribution in [0.5, 0.6) is 0 Å². The molecule has 0 aromatic heterocycles. The van der Waals surface area contributed by atoms with Crippen LogP contribution in [0.15, 0.2) is 11.6 Å². The molecule has 0 radical (unpaired) electrons. The van der Waals surface area contributed by atoms with Gasteiger partial charge in [0.1, 0.15) is 18.3 Å². The number of aliphatic hydroxyl groups is 4. The second kappa shape index (κ2) is 10.7. The lowest BCUT2D eigenvalue weighted by atomic mass is 9.33. The van der Waals surface area contributed by atoms with Crippen LogP contribution in [-0.4, -0.2) is 85.5 Å². The van der Waals surface area contributed by atoms with E-state index in [0.29, 0.717) is 12.8 Å². The summed E-state index contributed by atoms with van der Waals surface area (Å²) < 4.78 is 11.7. The Morgan fingerprint density at radius 2 is 1.48 bits per heavy atom. The molecular formula is C36H56O10. The summed E-state index contributed by atoms with van der Waals surface area (Å²) in [5, 5.41) is 63.2. The first kappa shape index (κ1) is 34.3. The Morgan fingerprint density at radius 3 is 2.11 bits per heavy atom. The first-order valence-electron chi connectivity index (χ1n) is 17.4. The molecule has 0 bridgehead atoms. The third-order valence-corrected chi connectivity index (χ3v) is 15.1. The minimum absolute atomic E-state index is 0.0207. The summed E-state index contributed by atoms with van der Waals surface area (Å²) >= 11 is 0. The third-order valence-electron chi connectivity index (χ3n) is 15.1. The number of allylic oxidation sites excluding steroid dienone is 2. The quantitative estimate of drug-likeness (QED) is 0.192. The number of aliphatic hydroxyl groups excluding tert-OH is 4. The molecular weight excluding hydrogens is 592 g/mol. The van der Waals surface area contributed by atoms with Crippen molar-refractivity contribution in [2.24, 2.45) is 50.2 Å². The van der Waals surface area contributed by atoms with E-state index in [9.17, 15) is 40.2 Å². The average molecular weight is 649 g/mol. The van der Waals surface area contributed by atoms with Crippen LogP contribution in [-0.2, 0) is 19.1 Å². The number of carbonyl (C=O) groups is 2. The van der Waals surface area contributed by atoms with E-state index in [1.54, 1.807) is 0 Å². The van der Waals surface area contributed by atoms with Gasteiger partial charge in [0.15, 0.2) is 12.4 Å². The largest absolute Gasteiger partial charge is 0.481 e. The highest BCUT2D eigenvalue weighted by Gasteiger charge is 2.70. The first-order chi connectivity index (χ1) is 21.2. The Bertz CT molecular complexity index is 1290. The zero-order valence-electron chi connectivity index (χ0n) is 28.5. The molecule has 0 unspecified atom stereocenters. The molecule has 5 aliphatic carbocycles. The van der Waals surface area contributed by atoms with Gasteiger partial charge in [-0.1, -0.05) is 60.1 Å². The number of rotatable bonds is 4. The predicted octanol–water partition coefficient (Wildman–Crippen LogP) is 4.12. The van der Waals surface area contributed by atoms with Crippen LogP contribution in [0.2, 0.25) is 0 Å². The molecule has 10 nitrogen and oxygen atoms in total. The average Bonchev–Trinajstić information content (AvgIpc) is 2.94. The van der Waals surface area contributed by atoms with Crippen LogP contribution in [0.4, 0.5) is 0 Å². The topological polar surface area (TPSA) is 174 Å². The molecule has 260 valence electrons. The molecule has 0 aromatic carbocycles. The van der Waals surface area contributed by atoms with Crippen LogP contribution < -0.4 is 0 Å². The smallest absolute Gasteiger partial charge is 0.335 e. The number of carboxylic acid groups (broad SMARTS) is 2. The molecule has 5 fully saturated rings. The van der Waals surface area contributed by atoms with Gasteiger partial charge in [0.05, 0.1) is 17.6 Å². The molecule has 4 saturated carbocycles. The molecule has 1 heterocycles. The van der Waals surface area contributed by atoms with Crippen molar-refractivity contribution >= 4 is 11.9 Å². The van der Waals surface area contributed by atoms with E-state index < -0.39 is 65.7 Å². The lowest BCUT2D eigenvalue weighted by Gasteiger charge is -2.71. The minimum atomic E-state index is -1.82. The highest BCUT2D eigenvalue weighted by atomic mass is 16.7. The summed E-state index contributed by atoms with van der Waals surface area (Å²) in [6.45, 7) is 15.8. The van der Waals surface area contributed by atoms with Crippen LogP contribution in [0.1, 0.15) is 106 Å². The van der Waals surface area contributed by atoms with E-state index >= 15 is 0 Å². The van der Waals surface area contributed by atoms with Gasteiger partial charge in [-0.05, 0) is 103 Å². The SMILES string of the molecule is CC1(C)CC[C@]2(C(=O)O)CC[C@]3(C)C(=CC[C@@H]4[C@@]5(C)C[C@@H](O)[C@H](O[C@@H]6O[C@H](C(=O)O)[C@@H](O)[C@H](O)[C@H]6O)C(C)(C)[C@@H]5CC[C@]43C)[C@H]2C1. The van der Waals surface area contributed by atoms with E-state index in [0.717, 1.165) is 44.9 Å². The van der Waals surface area contributed by atoms with Gasteiger partial charge >= 0.3 is 11.9 Å². The number of hydrogen-bond donors (Lipinski definition) is 6. The first-order valence-corrected chi connectivity index (χ1v) is 17.4. The standard InChI is InChI=1S/C36H56O10/c1-31(2)12-14-36(30(43)44)15-13-34(6)18(19(36)16-31)8-9-22-33(5)17-20(37)27(32(3,4)21(33)10-11-35(22,34)7)46-29-25(40)23(38)24(39)26(45-29)28(41)42/h8,19-27,29,37-40H,9-17H2,1-7H3,(H,41,42)(H,43,44)/t19-,20-,21+,22-,23+,24+,25-,26+,27+,29+,33+,34-,35-,36+/m1/s1. The zero-order valence-corrected chi connectivity index (χ0v) is 28.5. The van der Waals surface area contributed by atoms with Crippen molar-refractivity contribution in [3.8, 4) is 0 Å². The van der Waals surface area contributed by atoms with Crippen LogP contribution in [0.25, 0.3) is 0 Å². The Morgan fingerprint density at radius 1 is 0.826 bits per heavy atom. The Kier molecular flexibility index (Phi) is 7.99. The molecule has 6 aliphatic rings. The predicted molar refractivity (Wildman–Crippen MR) is 167 cm³/mol. The number of fused-ring (bicyclic) bond motifs is 7. The molecule has 1 aliphatic heterocycles.